The Morgan fingerprint density at radius 2 is 1.96 bits per heavy atom. The van der Waals surface area contributed by atoms with Crippen LogP contribution in [0, 0.1) is 13.8 Å². The summed E-state index contributed by atoms with van der Waals surface area (Å²) in [5, 5.41) is 9.90. The zero-order valence-corrected chi connectivity index (χ0v) is 15.1. The lowest BCUT2D eigenvalue weighted by Gasteiger charge is -2.27. The van der Waals surface area contributed by atoms with Gasteiger partial charge in [-0.05, 0) is 44.7 Å². The van der Waals surface area contributed by atoms with Gasteiger partial charge in [-0.15, -0.1) is 0 Å². The number of imidazole rings is 1. The van der Waals surface area contributed by atoms with Crippen molar-refractivity contribution in [3.8, 4) is 5.75 Å². The van der Waals surface area contributed by atoms with Gasteiger partial charge in [0.15, 0.2) is 0 Å². The first-order valence-corrected chi connectivity index (χ1v) is 8.29. The Morgan fingerprint density at radius 3 is 2.60 bits per heavy atom. The molecule has 0 aliphatic rings. The molecule has 3 aromatic rings. The number of likely N-dealkylation sites (N-methyl/N-ethyl adjacent to an activating group) is 1. The molecule has 25 heavy (non-hydrogen) atoms. The van der Waals surface area contributed by atoms with Crippen molar-refractivity contribution >= 4 is 5.78 Å². The quantitative estimate of drug-likeness (QED) is 0.747. The van der Waals surface area contributed by atoms with Crippen molar-refractivity contribution in [3.63, 3.8) is 0 Å². The van der Waals surface area contributed by atoms with Crippen LogP contribution in [0.1, 0.15) is 28.7 Å². The van der Waals surface area contributed by atoms with Crippen LogP contribution in [0.3, 0.4) is 0 Å². The highest BCUT2D eigenvalue weighted by Crippen LogP contribution is 2.23. The van der Waals surface area contributed by atoms with E-state index in [1.807, 2.05) is 50.5 Å². The molecule has 1 aromatic carbocycles. The third kappa shape index (κ3) is 3.50. The predicted molar refractivity (Wildman–Crippen MR) is 96.7 cm³/mol. The maximum atomic E-state index is 9.90. The summed E-state index contributed by atoms with van der Waals surface area (Å²) in [6, 6.07) is 9.75. The first-order chi connectivity index (χ1) is 12.0. The number of hydrogen-bond donors (Lipinski definition) is 1. The molecule has 1 N–H and O–H groups in total. The number of aliphatic hydroxyl groups is 1. The van der Waals surface area contributed by atoms with E-state index in [9.17, 15) is 5.11 Å². The number of benzene rings is 1. The van der Waals surface area contributed by atoms with E-state index in [1.165, 1.54) is 0 Å². The molecule has 0 saturated heterocycles. The fourth-order valence-electron chi connectivity index (χ4n) is 3.20. The molecule has 6 heteroatoms. The van der Waals surface area contributed by atoms with Crippen molar-refractivity contribution in [3.05, 3.63) is 59.2 Å². The summed E-state index contributed by atoms with van der Waals surface area (Å²) in [5.41, 5.74) is 4.16. The molecule has 0 amide bonds. The van der Waals surface area contributed by atoms with Gasteiger partial charge in [0, 0.05) is 17.9 Å². The molecule has 0 bridgehead atoms. The molecule has 0 aliphatic carbocycles. The lowest BCUT2D eigenvalue weighted by molar-refractivity contribution is 0.141. The fourth-order valence-corrected chi connectivity index (χ4v) is 3.20. The number of aryl methyl sites for hydroxylation is 2. The van der Waals surface area contributed by atoms with E-state index in [-0.39, 0.29) is 12.6 Å². The number of rotatable bonds is 6. The van der Waals surface area contributed by atoms with Crippen molar-refractivity contribution < 1.29 is 9.84 Å². The highest BCUT2D eigenvalue weighted by molar-refractivity contribution is 5.35. The summed E-state index contributed by atoms with van der Waals surface area (Å²) in [5.74, 6) is 1.52. The van der Waals surface area contributed by atoms with Crippen LogP contribution in [0.5, 0.6) is 5.75 Å². The van der Waals surface area contributed by atoms with Crippen molar-refractivity contribution in [2.75, 3.05) is 20.8 Å². The largest absolute Gasteiger partial charge is 0.497 e. The molecule has 0 fully saturated rings. The Bertz CT molecular complexity index is 858. The van der Waals surface area contributed by atoms with Crippen LogP contribution in [-0.2, 0) is 6.54 Å². The number of aromatic nitrogens is 3. The van der Waals surface area contributed by atoms with Crippen LogP contribution in [0.2, 0.25) is 0 Å². The van der Waals surface area contributed by atoms with Gasteiger partial charge in [-0.3, -0.25) is 9.30 Å². The van der Waals surface area contributed by atoms with E-state index >= 15 is 0 Å². The standard InChI is InChI=1S/C19H24N4O2/c1-13-9-14(2)23-16(10-20-19(23)21-13)11-22(3)18(12-24)15-5-7-17(25-4)8-6-15/h5-10,18,24H,11-12H2,1-4H3. The summed E-state index contributed by atoms with van der Waals surface area (Å²) in [4.78, 5) is 11.0. The van der Waals surface area contributed by atoms with Crippen LogP contribution in [0.25, 0.3) is 5.78 Å². The van der Waals surface area contributed by atoms with Crippen LogP contribution >= 0.6 is 0 Å². The fraction of sp³-hybridized carbons (Fsp3) is 0.368. The maximum Gasteiger partial charge on any atom is 0.234 e. The van der Waals surface area contributed by atoms with Gasteiger partial charge in [0.2, 0.25) is 5.78 Å². The summed E-state index contributed by atoms with van der Waals surface area (Å²) in [6.07, 6.45) is 1.85. The molecule has 0 radical (unpaired) electrons. The lowest BCUT2D eigenvalue weighted by atomic mass is 10.1. The second-order valence-corrected chi connectivity index (χ2v) is 6.31. The van der Waals surface area contributed by atoms with Gasteiger partial charge >= 0.3 is 0 Å². The molecule has 0 aliphatic heterocycles. The van der Waals surface area contributed by atoms with Gasteiger partial charge in [0.25, 0.3) is 0 Å². The normalized spacial score (nSPS) is 12.7. The summed E-state index contributed by atoms with van der Waals surface area (Å²) >= 11 is 0. The molecule has 2 aromatic heterocycles. The van der Waals surface area contributed by atoms with E-state index in [1.54, 1.807) is 7.11 Å². The second-order valence-electron chi connectivity index (χ2n) is 6.31. The number of nitrogens with zero attached hydrogens (tertiary/aromatic N) is 4. The van der Waals surface area contributed by atoms with Crippen LogP contribution in [0.15, 0.2) is 36.5 Å². The number of aliphatic hydroxyl groups excluding tert-OH is 1. The van der Waals surface area contributed by atoms with Gasteiger partial charge in [-0.2, -0.15) is 0 Å². The highest BCUT2D eigenvalue weighted by Gasteiger charge is 2.18. The number of methoxy groups -OCH3 is 1. The minimum Gasteiger partial charge on any atom is -0.497 e. The number of ether oxygens (including phenoxy) is 1. The maximum absolute atomic E-state index is 9.90. The summed E-state index contributed by atoms with van der Waals surface area (Å²) in [6.45, 7) is 4.72. The van der Waals surface area contributed by atoms with Gasteiger partial charge in [-0.1, -0.05) is 12.1 Å². The zero-order chi connectivity index (χ0) is 18.0. The Morgan fingerprint density at radius 1 is 1.24 bits per heavy atom. The smallest absolute Gasteiger partial charge is 0.234 e. The Hall–Kier alpha value is -2.44. The van der Waals surface area contributed by atoms with Crippen molar-refractivity contribution in [1.82, 2.24) is 19.3 Å². The Kier molecular flexibility index (Phi) is 5.01. The second kappa shape index (κ2) is 7.21. The monoisotopic (exact) mass is 340 g/mol. The summed E-state index contributed by atoms with van der Waals surface area (Å²) in [7, 11) is 3.65. The topological polar surface area (TPSA) is 62.9 Å². The van der Waals surface area contributed by atoms with E-state index < -0.39 is 0 Å². The first kappa shape index (κ1) is 17.4. The third-order valence-corrected chi connectivity index (χ3v) is 4.48. The molecule has 0 spiro atoms. The number of fused-ring (bicyclic) bond motifs is 1. The van der Waals surface area contributed by atoms with E-state index in [0.717, 1.165) is 28.4 Å². The number of hydrogen-bond acceptors (Lipinski definition) is 5. The molecule has 6 nitrogen and oxygen atoms in total. The van der Waals surface area contributed by atoms with Crippen LogP contribution in [0.4, 0.5) is 0 Å². The van der Waals surface area contributed by atoms with Gasteiger partial charge in [0.05, 0.1) is 31.6 Å². The van der Waals surface area contributed by atoms with Crippen LogP contribution in [-0.4, -0.2) is 45.1 Å². The molecule has 132 valence electrons. The minimum absolute atomic E-state index is 0.0376. The predicted octanol–water partition coefficient (Wildman–Crippen LogP) is 2.52. The van der Waals surface area contributed by atoms with Gasteiger partial charge < -0.3 is 9.84 Å². The lowest BCUT2D eigenvalue weighted by Crippen LogP contribution is -2.27. The van der Waals surface area contributed by atoms with E-state index in [2.05, 4.69) is 26.2 Å². The molecule has 2 heterocycles. The van der Waals surface area contributed by atoms with Crippen LogP contribution < -0.4 is 4.74 Å². The van der Waals surface area contributed by atoms with Gasteiger partial charge in [-0.25, -0.2) is 9.97 Å². The molecule has 1 atom stereocenters. The van der Waals surface area contributed by atoms with Crippen molar-refractivity contribution in [1.29, 1.82) is 0 Å². The molecule has 1 unspecified atom stereocenters. The average molecular weight is 340 g/mol. The highest BCUT2D eigenvalue weighted by atomic mass is 16.5. The molecular formula is C19H24N4O2. The van der Waals surface area contributed by atoms with E-state index in [4.69, 9.17) is 4.74 Å². The van der Waals surface area contributed by atoms with Crippen molar-refractivity contribution in [2.45, 2.75) is 26.4 Å². The SMILES string of the molecule is COc1ccc(C(CO)N(C)Cc2cnc3nc(C)cc(C)n23)cc1. The molecule has 0 saturated carbocycles. The average Bonchev–Trinajstić information content (AvgIpc) is 2.99. The first-order valence-electron chi connectivity index (χ1n) is 8.29. The van der Waals surface area contributed by atoms with Crippen molar-refractivity contribution in [2.24, 2.45) is 0 Å². The minimum atomic E-state index is -0.102. The van der Waals surface area contributed by atoms with E-state index in [0.29, 0.717) is 12.3 Å². The molecular weight excluding hydrogens is 316 g/mol. The molecule has 3 rings (SSSR count). The summed E-state index contributed by atoms with van der Waals surface area (Å²) < 4.78 is 7.27. The van der Waals surface area contributed by atoms with Gasteiger partial charge in [0.1, 0.15) is 5.75 Å². The Balaban J connectivity index is 1.86. The third-order valence-electron chi connectivity index (χ3n) is 4.48. The zero-order valence-electron chi connectivity index (χ0n) is 15.1. The Labute approximate surface area is 147 Å².